The molecule has 2 N–H and O–H groups in total. The van der Waals surface area contributed by atoms with Gasteiger partial charge in [-0.25, -0.2) is 5.43 Å². The van der Waals surface area contributed by atoms with E-state index in [9.17, 15) is 4.79 Å². The van der Waals surface area contributed by atoms with Crippen LogP contribution >= 0.6 is 11.6 Å². The molecule has 0 unspecified atom stereocenters. The highest BCUT2D eigenvalue weighted by molar-refractivity contribution is 6.33. The van der Waals surface area contributed by atoms with Gasteiger partial charge >= 0.3 is 0 Å². The SMILES string of the molecule is C/C(=N\NC(=O)c1cc(-c2ccccc2Cl)n[nH]1)c1ccncc1. The van der Waals surface area contributed by atoms with Crippen LogP contribution in [0.15, 0.2) is 60.0 Å². The normalized spacial score (nSPS) is 11.3. The molecule has 3 aromatic rings. The highest BCUT2D eigenvalue weighted by Gasteiger charge is 2.12. The van der Waals surface area contributed by atoms with Crippen molar-refractivity contribution in [3.8, 4) is 11.3 Å². The second kappa shape index (κ2) is 7.06. The quantitative estimate of drug-likeness (QED) is 0.565. The molecule has 0 radical (unpaired) electrons. The van der Waals surface area contributed by atoms with Crippen LogP contribution in [0.5, 0.6) is 0 Å². The molecule has 2 heterocycles. The molecule has 0 aliphatic rings. The summed E-state index contributed by atoms with van der Waals surface area (Å²) in [4.78, 5) is 16.1. The number of hydrogen-bond donors (Lipinski definition) is 2. The Balaban J connectivity index is 1.74. The highest BCUT2D eigenvalue weighted by atomic mass is 35.5. The van der Waals surface area contributed by atoms with Gasteiger partial charge in [0.1, 0.15) is 5.69 Å². The molecule has 24 heavy (non-hydrogen) atoms. The van der Waals surface area contributed by atoms with Gasteiger partial charge in [0.15, 0.2) is 0 Å². The first-order chi connectivity index (χ1) is 11.6. The minimum Gasteiger partial charge on any atom is -0.272 e. The third kappa shape index (κ3) is 3.49. The predicted octanol–water partition coefficient (Wildman–Crippen LogP) is 3.28. The summed E-state index contributed by atoms with van der Waals surface area (Å²) in [6.45, 7) is 1.80. The standard InChI is InChI=1S/C17H14ClN5O/c1-11(12-6-8-19-9-7-12)20-23-17(24)16-10-15(21-22-16)13-4-2-3-5-14(13)18/h2-10H,1H3,(H,21,22)(H,23,24)/b20-11+. The second-order valence-electron chi connectivity index (χ2n) is 5.02. The fraction of sp³-hybridized carbons (Fsp3) is 0.0588. The van der Waals surface area contributed by atoms with Crippen LogP contribution < -0.4 is 5.43 Å². The van der Waals surface area contributed by atoms with E-state index in [1.807, 2.05) is 30.3 Å². The van der Waals surface area contributed by atoms with E-state index in [2.05, 4.69) is 25.7 Å². The Hall–Kier alpha value is -2.99. The lowest BCUT2D eigenvalue weighted by Crippen LogP contribution is -2.19. The van der Waals surface area contributed by atoms with Gasteiger partial charge in [-0.1, -0.05) is 29.8 Å². The molecular weight excluding hydrogens is 326 g/mol. The van der Waals surface area contributed by atoms with Crippen molar-refractivity contribution < 1.29 is 4.79 Å². The van der Waals surface area contributed by atoms with E-state index in [4.69, 9.17) is 11.6 Å². The minimum absolute atomic E-state index is 0.302. The van der Waals surface area contributed by atoms with Gasteiger partial charge in [0.05, 0.1) is 16.4 Å². The molecule has 2 aromatic heterocycles. The lowest BCUT2D eigenvalue weighted by Gasteiger charge is -2.01. The minimum atomic E-state index is -0.380. The molecule has 0 aliphatic heterocycles. The zero-order valence-electron chi connectivity index (χ0n) is 12.8. The maximum Gasteiger partial charge on any atom is 0.289 e. The number of nitrogens with zero attached hydrogens (tertiary/aromatic N) is 3. The summed E-state index contributed by atoms with van der Waals surface area (Å²) >= 11 is 6.14. The molecule has 0 atom stereocenters. The van der Waals surface area contributed by atoms with Crippen molar-refractivity contribution >= 4 is 23.2 Å². The lowest BCUT2D eigenvalue weighted by molar-refractivity contribution is 0.0950. The summed E-state index contributed by atoms with van der Waals surface area (Å²) in [6.07, 6.45) is 3.34. The molecule has 0 saturated heterocycles. The van der Waals surface area contributed by atoms with E-state index in [0.717, 1.165) is 11.1 Å². The van der Waals surface area contributed by atoms with E-state index in [0.29, 0.717) is 22.1 Å². The average Bonchev–Trinajstić information content (AvgIpc) is 3.10. The molecule has 6 nitrogen and oxygen atoms in total. The Bertz CT molecular complexity index is 889. The maximum atomic E-state index is 12.2. The number of halogens is 1. The number of benzene rings is 1. The number of aromatic nitrogens is 3. The van der Waals surface area contributed by atoms with Gasteiger partial charge in [-0.15, -0.1) is 0 Å². The molecular formula is C17H14ClN5O. The van der Waals surface area contributed by atoms with Crippen molar-refractivity contribution in [1.29, 1.82) is 0 Å². The van der Waals surface area contributed by atoms with Crippen molar-refractivity contribution in [3.63, 3.8) is 0 Å². The predicted molar refractivity (Wildman–Crippen MR) is 92.9 cm³/mol. The molecule has 1 amide bonds. The van der Waals surface area contributed by atoms with Crippen LogP contribution in [-0.4, -0.2) is 26.8 Å². The molecule has 0 bridgehead atoms. The van der Waals surface area contributed by atoms with Crippen molar-refractivity contribution in [3.05, 3.63) is 71.1 Å². The third-order valence-corrected chi connectivity index (χ3v) is 3.73. The third-order valence-electron chi connectivity index (χ3n) is 3.40. The summed E-state index contributed by atoms with van der Waals surface area (Å²) < 4.78 is 0. The number of hydrogen-bond acceptors (Lipinski definition) is 4. The van der Waals surface area contributed by atoms with E-state index in [1.165, 1.54) is 0 Å². The summed E-state index contributed by atoms with van der Waals surface area (Å²) in [6, 6.07) is 12.6. The number of rotatable bonds is 4. The van der Waals surface area contributed by atoms with Gasteiger partial charge in [0.25, 0.3) is 5.91 Å². The monoisotopic (exact) mass is 339 g/mol. The number of hydrazone groups is 1. The largest absolute Gasteiger partial charge is 0.289 e. The fourth-order valence-corrected chi connectivity index (χ4v) is 2.33. The van der Waals surface area contributed by atoms with Crippen LogP contribution in [0.2, 0.25) is 5.02 Å². The van der Waals surface area contributed by atoms with Crippen molar-refractivity contribution in [2.75, 3.05) is 0 Å². The molecule has 0 saturated carbocycles. The Morgan fingerprint density at radius 1 is 1.21 bits per heavy atom. The number of aromatic amines is 1. The molecule has 7 heteroatoms. The number of carbonyl (C=O) groups is 1. The second-order valence-corrected chi connectivity index (χ2v) is 5.43. The van der Waals surface area contributed by atoms with E-state index in [-0.39, 0.29) is 5.91 Å². The summed E-state index contributed by atoms with van der Waals surface area (Å²) in [5, 5.41) is 11.5. The van der Waals surface area contributed by atoms with Gasteiger partial charge in [-0.3, -0.25) is 14.9 Å². The van der Waals surface area contributed by atoms with Crippen LogP contribution in [0.25, 0.3) is 11.3 Å². The maximum absolute atomic E-state index is 12.2. The number of amides is 1. The molecule has 0 spiro atoms. The van der Waals surface area contributed by atoms with Gasteiger partial charge in [0, 0.05) is 23.5 Å². The first kappa shape index (κ1) is 15.9. The fourth-order valence-electron chi connectivity index (χ4n) is 2.10. The van der Waals surface area contributed by atoms with Crippen LogP contribution in [0, 0.1) is 0 Å². The number of H-pyrrole nitrogens is 1. The van der Waals surface area contributed by atoms with Gasteiger partial charge in [0.2, 0.25) is 0 Å². The molecule has 3 rings (SSSR count). The van der Waals surface area contributed by atoms with Gasteiger partial charge < -0.3 is 0 Å². The van der Waals surface area contributed by atoms with Crippen molar-refractivity contribution in [1.82, 2.24) is 20.6 Å². The number of nitrogens with one attached hydrogen (secondary N) is 2. The average molecular weight is 340 g/mol. The van der Waals surface area contributed by atoms with Gasteiger partial charge in [-0.2, -0.15) is 10.2 Å². The van der Waals surface area contributed by atoms with E-state index < -0.39 is 0 Å². The summed E-state index contributed by atoms with van der Waals surface area (Å²) in [5.41, 5.74) is 5.71. The Kier molecular flexibility index (Phi) is 4.67. The highest BCUT2D eigenvalue weighted by Crippen LogP contribution is 2.26. The molecule has 0 fully saturated rings. The lowest BCUT2D eigenvalue weighted by atomic mass is 10.1. The van der Waals surface area contributed by atoms with Crippen molar-refractivity contribution in [2.45, 2.75) is 6.92 Å². The van der Waals surface area contributed by atoms with E-state index >= 15 is 0 Å². The summed E-state index contributed by atoms with van der Waals surface area (Å²) in [5.74, 6) is -0.380. The Morgan fingerprint density at radius 2 is 1.96 bits per heavy atom. The molecule has 120 valence electrons. The zero-order valence-corrected chi connectivity index (χ0v) is 13.6. The van der Waals surface area contributed by atoms with Crippen molar-refractivity contribution in [2.24, 2.45) is 5.10 Å². The first-order valence-electron chi connectivity index (χ1n) is 7.20. The van der Waals surface area contributed by atoms with Crippen LogP contribution in [0.3, 0.4) is 0 Å². The van der Waals surface area contributed by atoms with Gasteiger partial charge in [-0.05, 0) is 31.2 Å². The molecule has 0 aliphatic carbocycles. The zero-order chi connectivity index (χ0) is 16.9. The number of carbonyl (C=O) groups excluding carboxylic acids is 1. The topological polar surface area (TPSA) is 83.0 Å². The Labute approximate surface area is 143 Å². The first-order valence-corrected chi connectivity index (χ1v) is 7.58. The van der Waals surface area contributed by atoms with E-state index in [1.54, 1.807) is 31.5 Å². The van der Waals surface area contributed by atoms with Crippen LogP contribution in [0.4, 0.5) is 0 Å². The van der Waals surface area contributed by atoms with Crippen LogP contribution in [0.1, 0.15) is 23.0 Å². The number of pyridine rings is 1. The summed E-state index contributed by atoms with van der Waals surface area (Å²) in [7, 11) is 0. The van der Waals surface area contributed by atoms with Crippen LogP contribution in [-0.2, 0) is 0 Å². The Morgan fingerprint density at radius 3 is 2.71 bits per heavy atom. The molecule has 1 aromatic carbocycles. The smallest absolute Gasteiger partial charge is 0.272 e.